The van der Waals surface area contributed by atoms with Crippen LogP contribution in [0.2, 0.25) is 0 Å². The van der Waals surface area contributed by atoms with Gasteiger partial charge in [0.05, 0.1) is 12.6 Å². The van der Waals surface area contributed by atoms with Crippen LogP contribution in [0.1, 0.15) is 80.3 Å². The molecular weight excluding hydrogens is 528 g/mol. The summed E-state index contributed by atoms with van der Waals surface area (Å²) in [5, 5.41) is 10.2. The molecule has 3 N–H and O–H groups in total. The van der Waals surface area contributed by atoms with Gasteiger partial charge in [-0.15, -0.1) is 0 Å². The summed E-state index contributed by atoms with van der Waals surface area (Å²) >= 11 is 0. The van der Waals surface area contributed by atoms with Crippen LogP contribution in [0.15, 0.2) is 24.3 Å². The van der Waals surface area contributed by atoms with Crippen LogP contribution in [0, 0.1) is 23.7 Å². The van der Waals surface area contributed by atoms with E-state index in [-0.39, 0.29) is 48.1 Å². The van der Waals surface area contributed by atoms with Crippen molar-refractivity contribution in [1.29, 1.82) is 0 Å². The monoisotopic (exact) mass is 571 g/mol. The number of alkyl halides is 2. The zero-order chi connectivity index (χ0) is 29.1. The Kier molecular flexibility index (Phi) is 9.42. The third kappa shape index (κ3) is 6.20. The number of carboxylic acid groups (broad SMARTS) is 1. The number of Topliss-reactive ketones (excluding diaryl/α,β-unsaturated/α-hetero) is 1. The van der Waals surface area contributed by atoms with Gasteiger partial charge in [-0.05, 0) is 73.6 Å². The first-order valence-electron chi connectivity index (χ1n) is 15.4. The van der Waals surface area contributed by atoms with Gasteiger partial charge in [0.2, 0.25) is 5.91 Å². The van der Waals surface area contributed by atoms with Crippen LogP contribution in [0.5, 0.6) is 0 Å². The van der Waals surface area contributed by atoms with E-state index in [0.717, 1.165) is 50.5 Å². The number of hydrogen-bond acceptors (Lipinski definition) is 4. The third-order valence-corrected chi connectivity index (χ3v) is 10.1. The summed E-state index contributed by atoms with van der Waals surface area (Å²) in [7, 11) is 0. The number of halogens is 2. The number of carbonyl (C=O) groups excluding carboxylic acids is 2. The highest BCUT2D eigenvalue weighted by Gasteiger charge is 2.46. The van der Waals surface area contributed by atoms with Crippen LogP contribution < -0.4 is 5.73 Å². The van der Waals surface area contributed by atoms with Gasteiger partial charge < -0.3 is 20.3 Å². The van der Waals surface area contributed by atoms with E-state index in [0.29, 0.717) is 36.2 Å². The lowest BCUT2D eigenvalue weighted by Crippen LogP contribution is -2.48. The number of carbonyl (C=O) groups is 3. The standard InChI is InChI=1S/C32H43F2N3O4/c33-13-15-36-27-11-6-20(16-24(27)18-28(36)32(40)41)17-29(38)30-25(21-4-2-1-3-5-21)12-14-37(30)31(39)23-9-7-22(8-10-23)26(35)19-34/h6,11,16,18,21-23,25-26,30H,1-5,7-10,12-15,17,19,35H2,(H,40,41)/t22?,23?,25-,26+,30-/m0/s1. The zero-order valence-electron chi connectivity index (χ0n) is 23.8. The number of aromatic carboxylic acids is 1. The van der Waals surface area contributed by atoms with Gasteiger partial charge in [0.25, 0.3) is 0 Å². The number of hydrogen-bond donors (Lipinski definition) is 2. The molecule has 3 fully saturated rings. The fraction of sp³-hybridized carbons (Fsp3) is 0.656. The van der Waals surface area contributed by atoms with E-state index in [1.54, 1.807) is 6.07 Å². The molecule has 224 valence electrons. The molecule has 7 nitrogen and oxygen atoms in total. The highest BCUT2D eigenvalue weighted by Crippen LogP contribution is 2.41. The molecule has 2 aliphatic carbocycles. The molecule has 0 bridgehead atoms. The van der Waals surface area contributed by atoms with Gasteiger partial charge in [0.1, 0.15) is 19.0 Å². The minimum absolute atomic E-state index is 0.0215. The van der Waals surface area contributed by atoms with Crippen molar-refractivity contribution in [1.82, 2.24) is 9.47 Å². The predicted octanol–water partition coefficient (Wildman–Crippen LogP) is 5.32. The van der Waals surface area contributed by atoms with Crippen LogP contribution in [-0.2, 0) is 22.6 Å². The number of aryl methyl sites for hydroxylation is 1. The Hall–Kier alpha value is -2.81. The van der Waals surface area contributed by atoms with Gasteiger partial charge in [0.15, 0.2) is 5.78 Å². The van der Waals surface area contributed by atoms with Gasteiger partial charge in [-0.25, -0.2) is 13.6 Å². The summed E-state index contributed by atoms with van der Waals surface area (Å²) in [5.74, 6) is -0.506. The van der Waals surface area contributed by atoms with Crippen molar-refractivity contribution in [2.24, 2.45) is 29.4 Å². The zero-order valence-corrected chi connectivity index (χ0v) is 23.8. The Bertz CT molecular complexity index is 1250. The summed E-state index contributed by atoms with van der Waals surface area (Å²) in [4.78, 5) is 41.5. The molecule has 1 aromatic heterocycles. The van der Waals surface area contributed by atoms with Crippen molar-refractivity contribution < 1.29 is 28.3 Å². The number of nitrogens with two attached hydrogens (primary N) is 1. The van der Waals surface area contributed by atoms with E-state index >= 15 is 0 Å². The van der Waals surface area contributed by atoms with Crippen LogP contribution in [0.3, 0.4) is 0 Å². The lowest BCUT2D eigenvalue weighted by molar-refractivity contribution is -0.143. The number of fused-ring (bicyclic) bond motifs is 1. The smallest absolute Gasteiger partial charge is 0.352 e. The highest BCUT2D eigenvalue weighted by atomic mass is 19.1. The molecule has 1 saturated heterocycles. The molecule has 0 spiro atoms. The number of aromatic nitrogens is 1. The van der Waals surface area contributed by atoms with Gasteiger partial charge in [-0.3, -0.25) is 9.59 Å². The Morgan fingerprint density at radius 2 is 1.71 bits per heavy atom. The number of ketones is 1. The average Bonchev–Trinajstić information content (AvgIpc) is 3.59. The molecule has 0 radical (unpaired) electrons. The molecule has 1 amide bonds. The molecule has 2 saturated carbocycles. The largest absolute Gasteiger partial charge is 0.477 e. The number of nitrogens with zero attached hydrogens (tertiary/aromatic N) is 2. The van der Waals surface area contributed by atoms with Gasteiger partial charge in [-0.2, -0.15) is 0 Å². The highest BCUT2D eigenvalue weighted by molar-refractivity contribution is 5.96. The summed E-state index contributed by atoms with van der Waals surface area (Å²) in [6.07, 6.45) is 9.55. The number of rotatable bonds is 10. The normalized spacial score (nSPS) is 26.4. The molecule has 1 aliphatic heterocycles. The number of carboxylic acids is 1. The molecule has 5 rings (SSSR count). The van der Waals surface area contributed by atoms with Crippen molar-refractivity contribution in [3.63, 3.8) is 0 Å². The van der Waals surface area contributed by atoms with Crippen molar-refractivity contribution >= 4 is 28.6 Å². The SMILES string of the molecule is N[C@H](CF)C1CCC(C(=O)N2CC[C@@H](C3CCCCC3)[C@H]2C(=O)Cc2ccc3c(c2)cc(C(=O)O)n3CCF)CC1. The van der Waals surface area contributed by atoms with E-state index in [2.05, 4.69) is 0 Å². The summed E-state index contributed by atoms with van der Waals surface area (Å²) in [6.45, 7) is -0.678. The maximum absolute atomic E-state index is 14.1. The Morgan fingerprint density at radius 3 is 2.37 bits per heavy atom. The molecule has 3 aliphatic rings. The third-order valence-electron chi connectivity index (χ3n) is 10.1. The fourth-order valence-electron chi connectivity index (χ4n) is 7.93. The van der Waals surface area contributed by atoms with Crippen molar-refractivity contribution in [2.45, 2.75) is 89.3 Å². The van der Waals surface area contributed by atoms with E-state index < -0.39 is 31.4 Å². The first-order valence-corrected chi connectivity index (χ1v) is 15.4. The van der Waals surface area contributed by atoms with Crippen molar-refractivity contribution in [2.75, 3.05) is 19.9 Å². The first-order chi connectivity index (χ1) is 19.8. The molecule has 2 heterocycles. The van der Waals surface area contributed by atoms with Crippen LogP contribution >= 0.6 is 0 Å². The summed E-state index contributed by atoms with van der Waals surface area (Å²) in [5.41, 5.74) is 7.35. The van der Waals surface area contributed by atoms with E-state index in [1.807, 2.05) is 17.0 Å². The fourth-order valence-corrected chi connectivity index (χ4v) is 7.93. The van der Waals surface area contributed by atoms with Crippen molar-refractivity contribution in [3.05, 3.63) is 35.5 Å². The second-order valence-corrected chi connectivity index (χ2v) is 12.5. The molecule has 0 unspecified atom stereocenters. The van der Waals surface area contributed by atoms with E-state index in [9.17, 15) is 28.3 Å². The molecule has 3 atom stereocenters. The molecule has 41 heavy (non-hydrogen) atoms. The molecule has 2 aromatic rings. The second kappa shape index (κ2) is 13.0. The minimum Gasteiger partial charge on any atom is -0.477 e. The molecular formula is C32H43F2N3O4. The summed E-state index contributed by atoms with van der Waals surface area (Å²) in [6, 6.07) is 5.99. The average molecular weight is 572 g/mol. The maximum atomic E-state index is 14.1. The van der Waals surface area contributed by atoms with Crippen LogP contribution in [0.4, 0.5) is 8.78 Å². The van der Waals surface area contributed by atoms with Gasteiger partial charge >= 0.3 is 5.97 Å². The minimum atomic E-state index is -1.12. The first kappa shape index (κ1) is 29.7. The lowest BCUT2D eigenvalue weighted by atomic mass is 9.75. The predicted molar refractivity (Wildman–Crippen MR) is 153 cm³/mol. The van der Waals surface area contributed by atoms with Gasteiger partial charge in [0, 0.05) is 35.8 Å². The van der Waals surface area contributed by atoms with E-state index in [1.165, 1.54) is 17.1 Å². The van der Waals surface area contributed by atoms with Crippen LogP contribution in [0.25, 0.3) is 10.9 Å². The number of benzene rings is 1. The van der Waals surface area contributed by atoms with Crippen molar-refractivity contribution in [3.8, 4) is 0 Å². The Morgan fingerprint density at radius 1 is 0.976 bits per heavy atom. The molecule has 1 aromatic carbocycles. The Labute approximate surface area is 240 Å². The topological polar surface area (TPSA) is 106 Å². The number of likely N-dealkylation sites (tertiary alicyclic amines) is 1. The second-order valence-electron chi connectivity index (χ2n) is 12.5. The maximum Gasteiger partial charge on any atom is 0.352 e. The molecule has 9 heteroatoms. The van der Waals surface area contributed by atoms with Crippen LogP contribution in [-0.4, -0.2) is 64.2 Å². The van der Waals surface area contributed by atoms with Gasteiger partial charge in [-0.1, -0.05) is 38.2 Å². The Balaban J connectivity index is 1.36. The lowest BCUT2D eigenvalue weighted by Gasteiger charge is -2.37. The summed E-state index contributed by atoms with van der Waals surface area (Å²) < 4.78 is 27.7. The number of amides is 1. The quantitative estimate of drug-likeness (QED) is 0.402. The van der Waals surface area contributed by atoms with E-state index in [4.69, 9.17) is 5.73 Å².